The van der Waals surface area contributed by atoms with Crippen molar-refractivity contribution in [3.05, 3.63) is 35.4 Å². The van der Waals surface area contributed by atoms with Crippen LogP contribution in [0.2, 0.25) is 0 Å². The maximum Gasteiger partial charge on any atom is 0.248 e. The molecule has 0 fully saturated rings. The van der Waals surface area contributed by atoms with E-state index in [9.17, 15) is 9.59 Å². The van der Waals surface area contributed by atoms with E-state index in [4.69, 9.17) is 5.73 Å². The molecule has 0 radical (unpaired) electrons. The molecule has 66 valence electrons. The topological polar surface area (TPSA) is 72.5 Å². The van der Waals surface area contributed by atoms with Gasteiger partial charge in [0.15, 0.2) is 0 Å². The molecule has 1 aromatic carbocycles. The first-order valence-corrected chi connectivity index (χ1v) is 3.66. The predicted molar refractivity (Wildman–Crippen MR) is 46.8 cm³/mol. The van der Waals surface area contributed by atoms with Crippen LogP contribution in [-0.2, 0) is 11.3 Å². The van der Waals surface area contributed by atoms with Gasteiger partial charge in [0.2, 0.25) is 12.0 Å². The van der Waals surface area contributed by atoms with Gasteiger partial charge >= 0.3 is 0 Å². The van der Waals surface area contributed by atoms with Crippen LogP contribution >= 0.6 is 0 Å². The summed E-state index contributed by atoms with van der Waals surface area (Å²) in [5.74, 6) is -0.467. The van der Waals surface area contributed by atoms with E-state index in [1.165, 1.54) is 6.08 Å². The molecule has 0 spiro atoms. The summed E-state index contributed by atoms with van der Waals surface area (Å²) in [5.41, 5.74) is 6.32. The summed E-state index contributed by atoms with van der Waals surface area (Å²) in [6.45, 7) is 0.280. The molecule has 0 aliphatic carbocycles. The highest BCUT2D eigenvalue weighted by molar-refractivity contribution is 5.92. The van der Waals surface area contributed by atoms with Gasteiger partial charge in [0.05, 0.1) is 6.54 Å². The number of hydrogen-bond donors (Lipinski definition) is 1. The third-order valence-corrected chi connectivity index (χ3v) is 1.56. The van der Waals surface area contributed by atoms with Gasteiger partial charge in [-0.3, -0.25) is 4.79 Å². The standard InChI is InChI=1S/C9H8N2O2/c10-9(13)8-3-1-7(2-4-8)5-11-6-12/h1-4H,5H2,(H2,10,13). The molecule has 0 saturated heterocycles. The molecule has 0 atom stereocenters. The van der Waals surface area contributed by atoms with E-state index in [1.807, 2.05) is 0 Å². The van der Waals surface area contributed by atoms with Crippen LogP contribution in [0.15, 0.2) is 29.3 Å². The second-order valence-electron chi connectivity index (χ2n) is 2.47. The maximum atomic E-state index is 10.7. The highest BCUT2D eigenvalue weighted by Crippen LogP contribution is 2.04. The summed E-state index contributed by atoms with van der Waals surface area (Å²) < 4.78 is 0. The lowest BCUT2D eigenvalue weighted by atomic mass is 10.1. The van der Waals surface area contributed by atoms with Crippen molar-refractivity contribution in [3.63, 3.8) is 0 Å². The molecule has 4 heteroatoms. The van der Waals surface area contributed by atoms with Crippen molar-refractivity contribution in [1.82, 2.24) is 0 Å². The Morgan fingerprint density at radius 2 is 2.00 bits per heavy atom. The lowest BCUT2D eigenvalue weighted by Crippen LogP contribution is -2.10. The van der Waals surface area contributed by atoms with Crippen LogP contribution in [0.1, 0.15) is 15.9 Å². The number of nitrogens with zero attached hydrogens (tertiary/aromatic N) is 1. The number of amides is 1. The molecule has 13 heavy (non-hydrogen) atoms. The molecule has 0 aliphatic rings. The van der Waals surface area contributed by atoms with Gasteiger partial charge in [0.1, 0.15) is 0 Å². The van der Waals surface area contributed by atoms with Crippen molar-refractivity contribution in [2.24, 2.45) is 10.7 Å². The number of aliphatic imine (C=N–C) groups is 1. The minimum atomic E-state index is -0.467. The van der Waals surface area contributed by atoms with Crippen molar-refractivity contribution in [3.8, 4) is 0 Å². The highest BCUT2D eigenvalue weighted by atomic mass is 16.1. The zero-order chi connectivity index (χ0) is 9.68. The van der Waals surface area contributed by atoms with E-state index < -0.39 is 5.91 Å². The molecule has 0 saturated carbocycles. The molecule has 0 aromatic heterocycles. The Morgan fingerprint density at radius 3 is 2.46 bits per heavy atom. The molecule has 1 amide bonds. The molecule has 1 aromatic rings. The minimum Gasteiger partial charge on any atom is -0.366 e. The SMILES string of the molecule is NC(=O)c1ccc(CN=C=O)cc1. The number of isocyanates is 1. The number of rotatable bonds is 3. The molecule has 4 nitrogen and oxygen atoms in total. The van der Waals surface area contributed by atoms with Crippen molar-refractivity contribution < 1.29 is 9.59 Å². The van der Waals surface area contributed by atoms with Gasteiger partial charge in [0, 0.05) is 5.56 Å². The third-order valence-electron chi connectivity index (χ3n) is 1.56. The van der Waals surface area contributed by atoms with E-state index in [1.54, 1.807) is 24.3 Å². The first-order valence-electron chi connectivity index (χ1n) is 3.66. The molecular weight excluding hydrogens is 168 g/mol. The highest BCUT2D eigenvalue weighted by Gasteiger charge is 1.98. The summed E-state index contributed by atoms with van der Waals surface area (Å²) in [4.78, 5) is 23.8. The minimum absolute atomic E-state index is 0.280. The predicted octanol–water partition coefficient (Wildman–Crippen LogP) is 0.621. The maximum absolute atomic E-state index is 10.7. The smallest absolute Gasteiger partial charge is 0.248 e. The second-order valence-corrected chi connectivity index (χ2v) is 2.47. The molecular formula is C9H8N2O2. The van der Waals surface area contributed by atoms with Crippen LogP contribution in [0.25, 0.3) is 0 Å². The van der Waals surface area contributed by atoms with E-state index >= 15 is 0 Å². The number of carbonyl (C=O) groups excluding carboxylic acids is 2. The Bertz CT molecular complexity index is 350. The van der Waals surface area contributed by atoms with Gasteiger partial charge in [0.25, 0.3) is 0 Å². The van der Waals surface area contributed by atoms with Crippen molar-refractivity contribution >= 4 is 12.0 Å². The molecule has 1 rings (SSSR count). The van der Waals surface area contributed by atoms with Gasteiger partial charge < -0.3 is 5.73 Å². The normalized spacial score (nSPS) is 8.92. The Balaban J connectivity index is 2.80. The van der Waals surface area contributed by atoms with Gasteiger partial charge in [-0.1, -0.05) is 12.1 Å². The van der Waals surface area contributed by atoms with Crippen LogP contribution in [0.5, 0.6) is 0 Å². The van der Waals surface area contributed by atoms with Gasteiger partial charge in [-0.25, -0.2) is 9.79 Å². The van der Waals surface area contributed by atoms with E-state index in [0.29, 0.717) is 5.56 Å². The Hall–Kier alpha value is -1.93. The van der Waals surface area contributed by atoms with Crippen LogP contribution in [-0.4, -0.2) is 12.0 Å². The first kappa shape index (κ1) is 9.16. The lowest BCUT2D eigenvalue weighted by molar-refractivity contribution is 0.100. The molecule has 2 N–H and O–H groups in total. The zero-order valence-electron chi connectivity index (χ0n) is 6.86. The molecule has 0 aliphatic heterocycles. The summed E-state index contributed by atoms with van der Waals surface area (Å²) in [6.07, 6.45) is 1.44. The van der Waals surface area contributed by atoms with Gasteiger partial charge in [-0.2, -0.15) is 0 Å². The van der Waals surface area contributed by atoms with Crippen LogP contribution in [0, 0.1) is 0 Å². The Kier molecular flexibility index (Phi) is 2.95. The van der Waals surface area contributed by atoms with E-state index in [-0.39, 0.29) is 6.54 Å². The van der Waals surface area contributed by atoms with E-state index in [0.717, 1.165) is 5.56 Å². The molecule has 0 unspecified atom stereocenters. The largest absolute Gasteiger partial charge is 0.366 e. The van der Waals surface area contributed by atoms with Crippen LogP contribution in [0.3, 0.4) is 0 Å². The summed E-state index contributed by atoms with van der Waals surface area (Å²) >= 11 is 0. The van der Waals surface area contributed by atoms with Crippen LogP contribution < -0.4 is 5.73 Å². The second kappa shape index (κ2) is 4.18. The van der Waals surface area contributed by atoms with Crippen LogP contribution in [0.4, 0.5) is 0 Å². The number of carbonyl (C=O) groups is 1. The number of primary amides is 1. The molecule has 0 bridgehead atoms. The fourth-order valence-electron chi connectivity index (χ4n) is 0.898. The summed E-state index contributed by atoms with van der Waals surface area (Å²) in [6, 6.07) is 6.58. The first-order chi connectivity index (χ1) is 6.24. The Morgan fingerprint density at radius 1 is 1.38 bits per heavy atom. The van der Waals surface area contributed by atoms with Crippen molar-refractivity contribution in [2.45, 2.75) is 6.54 Å². The van der Waals surface area contributed by atoms with E-state index in [2.05, 4.69) is 4.99 Å². The number of benzene rings is 1. The third kappa shape index (κ3) is 2.54. The number of nitrogens with two attached hydrogens (primary N) is 1. The van der Waals surface area contributed by atoms with Gasteiger partial charge in [-0.15, -0.1) is 0 Å². The van der Waals surface area contributed by atoms with Gasteiger partial charge in [-0.05, 0) is 17.7 Å². The monoisotopic (exact) mass is 176 g/mol. The Labute approximate surface area is 75.1 Å². The lowest BCUT2D eigenvalue weighted by Gasteiger charge is -1.96. The summed E-state index contributed by atoms with van der Waals surface area (Å²) in [7, 11) is 0. The molecule has 0 heterocycles. The fraction of sp³-hybridized carbons (Fsp3) is 0.111. The zero-order valence-corrected chi connectivity index (χ0v) is 6.86. The quantitative estimate of drug-likeness (QED) is 0.541. The fourth-order valence-corrected chi connectivity index (χ4v) is 0.898. The van der Waals surface area contributed by atoms with Crippen molar-refractivity contribution in [1.29, 1.82) is 0 Å². The van der Waals surface area contributed by atoms with Crippen molar-refractivity contribution in [2.75, 3.05) is 0 Å². The average molecular weight is 176 g/mol. The average Bonchev–Trinajstić information content (AvgIpc) is 2.15. The summed E-state index contributed by atoms with van der Waals surface area (Å²) in [5, 5.41) is 0. The number of hydrogen-bond acceptors (Lipinski definition) is 3.